The van der Waals surface area contributed by atoms with Gasteiger partial charge in [-0.1, -0.05) is 168 Å². The summed E-state index contributed by atoms with van der Waals surface area (Å²) in [5.74, 6) is -1.45. The van der Waals surface area contributed by atoms with Crippen LogP contribution in [0.2, 0.25) is 0 Å². The standard InChI is InChI=1S/C33H67NO6S/c1-3-5-7-9-11-13-14-15-16-17-18-20-21-23-25-27-31(35)30(29-41(38,39)40)34-33(37)32(36)28-26-24-22-19-12-10-8-6-4-2/h30-32,35-36H,3-29H2,1-2H3,(H,34,37)(H,38,39,40). The molecule has 0 radical (unpaired) electrons. The summed E-state index contributed by atoms with van der Waals surface area (Å²) in [7, 11) is -4.39. The van der Waals surface area contributed by atoms with E-state index >= 15 is 0 Å². The number of aliphatic hydroxyl groups excluding tert-OH is 2. The van der Waals surface area contributed by atoms with Crippen LogP contribution in [-0.2, 0) is 14.9 Å². The minimum Gasteiger partial charge on any atom is -0.391 e. The van der Waals surface area contributed by atoms with Crippen molar-refractivity contribution < 1.29 is 28.0 Å². The second-order valence-corrected chi connectivity index (χ2v) is 13.8. The maximum atomic E-state index is 12.5. The Kier molecular flexibility index (Phi) is 27.6. The molecule has 0 aromatic rings. The molecule has 8 heteroatoms. The minimum atomic E-state index is -4.39. The molecule has 0 aliphatic heterocycles. The first-order chi connectivity index (χ1) is 19.7. The summed E-state index contributed by atoms with van der Waals surface area (Å²) >= 11 is 0. The van der Waals surface area contributed by atoms with E-state index in [1.54, 1.807) is 0 Å². The van der Waals surface area contributed by atoms with Crippen LogP contribution in [0.15, 0.2) is 0 Å². The summed E-state index contributed by atoms with van der Waals surface area (Å²) in [5.41, 5.74) is 0. The van der Waals surface area contributed by atoms with Crippen molar-refractivity contribution in [2.24, 2.45) is 0 Å². The van der Waals surface area contributed by atoms with E-state index < -0.39 is 40.0 Å². The molecule has 0 aliphatic rings. The highest BCUT2D eigenvalue weighted by atomic mass is 32.2. The van der Waals surface area contributed by atoms with Crippen LogP contribution in [0.25, 0.3) is 0 Å². The fraction of sp³-hybridized carbons (Fsp3) is 0.970. The number of carbonyl (C=O) groups excluding carboxylic acids is 1. The third-order valence-electron chi connectivity index (χ3n) is 8.17. The average molecular weight is 606 g/mol. The Bertz CT molecular complexity index is 687. The maximum Gasteiger partial charge on any atom is 0.266 e. The molecular formula is C33H67NO6S. The molecule has 0 saturated carbocycles. The number of amides is 1. The zero-order chi connectivity index (χ0) is 30.6. The second-order valence-electron chi connectivity index (χ2n) is 12.3. The summed E-state index contributed by atoms with van der Waals surface area (Å²) in [6.07, 6.45) is 27.0. The molecule has 41 heavy (non-hydrogen) atoms. The van der Waals surface area contributed by atoms with E-state index in [0.717, 1.165) is 44.9 Å². The lowest BCUT2D eigenvalue weighted by atomic mass is 10.0. The zero-order valence-corrected chi connectivity index (χ0v) is 27.6. The predicted octanol–water partition coefficient (Wildman–Crippen LogP) is 8.26. The second kappa shape index (κ2) is 28.1. The fourth-order valence-electron chi connectivity index (χ4n) is 5.46. The summed E-state index contributed by atoms with van der Waals surface area (Å²) in [6, 6.07) is -1.14. The van der Waals surface area contributed by atoms with Crippen molar-refractivity contribution in [3.05, 3.63) is 0 Å². The van der Waals surface area contributed by atoms with Crippen molar-refractivity contribution >= 4 is 16.0 Å². The van der Waals surface area contributed by atoms with Gasteiger partial charge in [0.25, 0.3) is 10.1 Å². The third-order valence-corrected chi connectivity index (χ3v) is 8.95. The first-order valence-electron chi connectivity index (χ1n) is 17.3. The van der Waals surface area contributed by atoms with Gasteiger partial charge in [0.2, 0.25) is 5.91 Å². The molecule has 0 aromatic heterocycles. The lowest BCUT2D eigenvalue weighted by molar-refractivity contribution is -0.131. The molecule has 0 spiro atoms. The molecule has 3 atom stereocenters. The van der Waals surface area contributed by atoms with Crippen LogP contribution in [0.1, 0.15) is 181 Å². The van der Waals surface area contributed by atoms with Crippen LogP contribution in [0.3, 0.4) is 0 Å². The van der Waals surface area contributed by atoms with E-state index in [-0.39, 0.29) is 0 Å². The van der Waals surface area contributed by atoms with E-state index in [4.69, 9.17) is 0 Å². The molecule has 7 nitrogen and oxygen atoms in total. The van der Waals surface area contributed by atoms with Gasteiger partial charge in [0.05, 0.1) is 17.9 Å². The molecule has 0 aromatic carbocycles. The van der Waals surface area contributed by atoms with E-state index in [1.165, 1.54) is 103 Å². The molecule has 3 unspecified atom stereocenters. The Labute approximate surface area is 253 Å². The number of aliphatic hydroxyl groups is 2. The molecule has 0 fully saturated rings. The van der Waals surface area contributed by atoms with Crippen molar-refractivity contribution in [1.82, 2.24) is 5.32 Å². The number of hydrogen-bond acceptors (Lipinski definition) is 5. The van der Waals surface area contributed by atoms with Crippen LogP contribution in [-0.4, -0.2) is 53.1 Å². The van der Waals surface area contributed by atoms with Gasteiger partial charge in [-0.3, -0.25) is 9.35 Å². The Morgan fingerprint density at radius 3 is 1.22 bits per heavy atom. The Morgan fingerprint density at radius 1 is 0.561 bits per heavy atom. The zero-order valence-electron chi connectivity index (χ0n) is 26.8. The third kappa shape index (κ3) is 27.9. The first kappa shape index (κ1) is 40.3. The van der Waals surface area contributed by atoms with Gasteiger partial charge in [-0.2, -0.15) is 8.42 Å². The number of nitrogens with one attached hydrogen (secondary N) is 1. The van der Waals surface area contributed by atoms with Crippen LogP contribution >= 0.6 is 0 Å². The molecule has 0 heterocycles. The molecular weight excluding hydrogens is 538 g/mol. The predicted molar refractivity (Wildman–Crippen MR) is 172 cm³/mol. The average Bonchev–Trinajstić information content (AvgIpc) is 2.92. The van der Waals surface area contributed by atoms with E-state index in [0.29, 0.717) is 19.3 Å². The Hall–Kier alpha value is -0.700. The van der Waals surface area contributed by atoms with Gasteiger partial charge in [-0.15, -0.1) is 0 Å². The summed E-state index contributed by atoms with van der Waals surface area (Å²) in [6.45, 7) is 4.45. The van der Waals surface area contributed by atoms with E-state index in [2.05, 4.69) is 19.2 Å². The molecule has 0 aliphatic carbocycles. The monoisotopic (exact) mass is 605 g/mol. The smallest absolute Gasteiger partial charge is 0.266 e. The molecule has 0 bridgehead atoms. The van der Waals surface area contributed by atoms with Crippen molar-refractivity contribution in [1.29, 1.82) is 0 Å². The number of rotatable bonds is 31. The van der Waals surface area contributed by atoms with Gasteiger partial charge in [-0.25, -0.2) is 0 Å². The topological polar surface area (TPSA) is 124 Å². The van der Waals surface area contributed by atoms with Gasteiger partial charge >= 0.3 is 0 Å². The van der Waals surface area contributed by atoms with Crippen molar-refractivity contribution in [3.8, 4) is 0 Å². The Balaban J connectivity index is 4.05. The highest BCUT2D eigenvalue weighted by molar-refractivity contribution is 7.85. The van der Waals surface area contributed by atoms with Gasteiger partial charge in [0.1, 0.15) is 6.10 Å². The van der Waals surface area contributed by atoms with Gasteiger partial charge in [0, 0.05) is 0 Å². The number of unbranched alkanes of at least 4 members (excludes halogenated alkanes) is 22. The van der Waals surface area contributed by atoms with Crippen LogP contribution in [0, 0.1) is 0 Å². The highest BCUT2D eigenvalue weighted by Crippen LogP contribution is 2.16. The largest absolute Gasteiger partial charge is 0.391 e. The lowest BCUT2D eigenvalue weighted by Crippen LogP contribution is -2.50. The van der Waals surface area contributed by atoms with Gasteiger partial charge in [0.15, 0.2) is 0 Å². The van der Waals surface area contributed by atoms with Crippen molar-refractivity contribution in [2.75, 3.05) is 5.75 Å². The Morgan fingerprint density at radius 2 is 0.878 bits per heavy atom. The molecule has 4 N–H and O–H groups in total. The number of hydrogen-bond donors (Lipinski definition) is 4. The van der Waals surface area contributed by atoms with E-state index in [1.807, 2.05) is 0 Å². The van der Waals surface area contributed by atoms with Crippen molar-refractivity contribution in [3.63, 3.8) is 0 Å². The lowest BCUT2D eigenvalue weighted by Gasteiger charge is -2.24. The fourth-order valence-corrected chi connectivity index (χ4v) is 6.22. The summed E-state index contributed by atoms with van der Waals surface area (Å²) < 4.78 is 32.3. The first-order valence-corrected chi connectivity index (χ1v) is 18.9. The number of carbonyl (C=O) groups is 1. The quantitative estimate of drug-likeness (QED) is 0.0466. The molecule has 0 saturated heterocycles. The normalized spacial score (nSPS) is 14.2. The SMILES string of the molecule is CCCCCCCCCCCCCCCCCC(O)C(CS(=O)(=O)O)NC(=O)C(O)CCCCCCCCCCC. The summed E-state index contributed by atoms with van der Waals surface area (Å²) in [5, 5.41) is 23.3. The maximum absolute atomic E-state index is 12.5. The molecule has 246 valence electrons. The molecule has 0 rings (SSSR count). The van der Waals surface area contributed by atoms with Gasteiger partial charge in [-0.05, 0) is 12.8 Å². The van der Waals surface area contributed by atoms with Gasteiger partial charge < -0.3 is 15.5 Å². The van der Waals surface area contributed by atoms with Crippen LogP contribution < -0.4 is 5.32 Å². The van der Waals surface area contributed by atoms with Crippen LogP contribution in [0.5, 0.6) is 0 Å². The van der Waals surface area contributed by atoms with Crippen molar-refractivity contribution in [2.45, 2.75) is 199 Å². The van der Waals surface area contributed by atoms with Crippen LogP contribution in [0.4, 0.5) is 0 Å². The highest BCUT2D eigenvalue weighted by Gasteiger charge is 2.28. The molecule has 1 amide bonds. The van der Waals surface area contributed by atoms with E-state index in [9.17, 15) is 28.0 Å². The minimum absolute atomic E-state index is 0.301. The summed E-state index contributed by atoms with van der Waals surface area (Å²) in [4.78, 5) is 12.5.